The van der Waals surface area contributed by atoms with Crippen LogP contribution in [0.15, 0.2) is 115 Å². The number of phenolic OH excluding ortho intramolecular Hbond substituents is 1. The van der Waals surface area contributed by atoms with Crippen molar-refractivity contribution >= 4 is 16.7 Å². The minimum atomic E-state index is -0.480. The number of carbonyl (C=O) groups is 1. The average Bonchev–Trinajstić information content (AvgIpc) is 2.93. The van der Waals surface area contributed by atoms with Gasteiger partial charge in [-0.3, -0.25) is 4.79 Å². The van der Waals surface area contributed by atoms with Crippen molar-refractivity contribution in [3.05, 3.63) is 143 Å². The standard InChI is InChI=1S/C33H24O3/c34-28-19-21-11-5-4-10-20(21)18-27(28)31-29-23-14-6-8-16-25(23)30(26-17-9-7-15-24(26)29)32(31)33(35)36-22-12-2-1-3-13-22/h1-19,29-32,34H. The summed E-state index contributed by atoms with van der Waals surface area (Å²) in [4.78, 5) is 14.0. The van der Waals surface area contributed by atoms with E-state index in [9.17, 15) is 9.90 Å². The zero-order valence-electron chi connectivity index (χ0n) is 19.5. The molecule has 2 unspecified atom stereocenters. The number of hydrogen-bond acceptors (Lipinski definition) is 3. The van der Waals surface area contributed by atoms with Crippen LogP contribution < -0.4 is 4.74 Å². The molecule has 3 aliphatic rings. The number of phenols is 1. The third-order valence-electron chi connectivity index (χ3n) is 7.93. The second-order valence-electron chi connectivity index (χ2n) is 9.76. The van der Waals surface area contributed by atoms with Crippen molar-refractivity contribution in [1.29, 1.82) is 0 Å². The molecule has 3 nitrogen and oxygen atoms in total. The minimum absolute atomic E-state index is 0.0669. The Bertz CT molecular complexity index is 1570. The summed E-state index contributed by atoms with van der Waals surface area (Å²) in [6.07, 6.45) is 0. The highest BCUT2D eigenvalue weighted by atomic mass is 16.5. The van der Waals surface area contributed by atoms with Crippen LogP contribution in [-0.4, -0.2) is 11.1 Å². The molecule has 0 radical (unpaired) electrons. The summed E-state index contributed by atoms with van der Waals surface area (Å²) in [5.41, 5.74) is 5.59. The van der Waals surface area contributed by atoms with E-state index in [2.05, 4.69) is 48.5 Å². The lowest BCUT2D eigenvalue weighted by Gasteiger charge is -2.49. The summed E-state index contributed by atoms with van der Waals surface area (Å²) >= 11 is 0. The molecule has 0 aromatic heterocycles. The summed E-state index contributed by atoms with van der Waals surface area (Å²) in [6.45, 7) is 0. The van der Waals surface area contributed by atoms with Crippen molar-refractivity contribution < 1.29 is 14.6 Å². The van der Waals surface area contributed by atoms with E-state index in [0.717, 1.165) is 16.3 Å². The summed E-state index contributed by atoms with van der Waals surface area (Å²) in [7, 11) is 0. The molecule has 3 heteroatoms. The summed E-state index contributed by atoms with van der Waals surface area (Å²) in [5, 5.41) is 13.3. The van der Waals surface area contributed by atoms with Crippen LogP contribution in [0.2, 0.25) is 0 Å². The van der Waals surface area contributed by atoms with Gasteiger partial charge in [-0.05, 0) is 62.9 Å². The maximum atomic E-state index is 14.0. The Morgan fingerprint density at radius 1 is 0.583 bits per heavy atom. The van der Waals surface area contributed by atoms with Gasteiger partial charge >= 0.3 is 5.97 Å². The fourth-order valence-electron chi connectivity index (χ4n) is 6.52. The first kappa shape index (κ1) is 21.0. The third kappa shape index (κ3) is 3.09. The number of para-hydroxylation sites is 1. The van der Waals surface area contributed by atoms with Crippen LogP contribution in [0.5, 0.6) is 11.5 Å². The number of rotatable bonds is 3. The van der Waals surface area contributed by atoms with Crippen LogP contribution in [0.4, 0.5) is 0 Å². The van der Waals surface area contributed by atoms with Crippen LogP contribution in [-0.2, 0) is 4.79 Å². The summed E-state index contributed by atoms with van der Waals surface area (Å²) in [6, 6.07) is 38.0. The van der Waals surface area contributed by atoms with Crippen LogP contribution >= 0.6 is 0 Å². The normalized spacial score (nSPS) is 21.6. The van der Waals surface area contributed by atoms with Crippen LogP contribution in [0, 0.1) is 5.92 Å². The Morgan fingerprint density at radius 2 is 1.08 bits per heavy atom. The van der Waals surface area contributed by atoms with Gasteiger partial charge in [0.15, 0.2) is 0 Å². The van der Waals surface area contributed by atoms with Gasteiger partial charge in [-0.2, -0.15) is 0 Å². The van der Waals surface area contributed by atoms with Crippen molar-refractivity contribution in [1.82, 2.24) is 0 Å². The Morgan fingerprint density at radius 3 is 1.69 bits per heavy atom. The Labute approximate surface area is 209 Å². The largest absolute Gasteiger partial charge is 0.508 e. The zero-order valence-corrected chi connectivity index (χ0v) is 19.5. The topological polar surface area (TPSA) is 46.5 Å². The van der Waals surface area contributed by atoms with E-state index in [1.54, 1.807) is 0 Å². The lowest BCUT2D eigenvalue weighted by molar-refractivity contribution is -0.141. The molecule has 1 N–H and O–H groups in total. The van der Waals surface area contributed by atoms with Crippen molar-refractivity contribution in [3.63, 3.8) is 0 Å². The Kier molecular flexibility index (Phi) is 4.71. The number of carbonyl (C=O) groups excluding carboxylic acids is 1. The number of hydrogen-bond donors (Lipinski definition) is 1. The summed E-state index contributed by atoms with van der Waals surface area (Å²) in [5.74, 6) is -0.478. The fraction of sp³-hybridized carbons (Fsp3) is 0.121. The number of aromatic hydroxyl groups is 1. The van der Waals surface area contributed by atoms with Gasteiger partial charge in [-0.25, -0.2) is 0 Å². The second kappa shape index (κ2) is 8.10. The molecule has 36 heavy (non-hydrogen) atoms. The maximum Gasteiger partial charge on any atom is 0.315 e. The number of esters is 1. The predicted octanol–water partition coefficient (Wildman–Crippen LogP) is 7.14. The number of benzene rings is 5. The highest BCUT2D eigenvalue weighted by Crippen LogP contribution is 2.62. The fourth-order valence-corrected chi connectivity index (χ4v) is 6.52. The lowest BCUT2D eigenvalue weighted by atomic mass is 9.52. The van der Waals surface area contributed by atoms with Gasteiger partial charge in [0.05, 0.1) is 5.92 Å². The molecule has 174 valence electrons. The Balaban J connectivity index is 1.47. The molecular formula is C33H24O3. The second-order valence-corrected chi connectivity index (χ2v) is 9.76. The van der Waals surface area contributed by atoms with Gasteiger partial charge in [0.1, 0.15) is 11.5 Å². The predicted molar refractivity (Wildman–Crippen MR) is 140 cm³/mol. The van der Waals surface area contributed by atoms with E-state index in [1.807, 2.05) is 66.7 Å². The zero-order chi connectivity index (χ0) is 24.2. The lowest BCUT2D eigenvalue weighted by Crippen LogP contribution is -2.43. The van der Waals surface area contributed by atoms with Gasteiger partial charge in [0, 0.05) is 17.8 Å². The monoisotopic (exact) mass is 468 g/mol. The summed E-state index contributed by atoms with van der Waals surface area (Å²) < 4.78 is 6.00. The quantitative estimate of drug-likeness (QED) is 0.226. The van der Waals surface area contributed by atoms with Crippen LogP contribution in [0.1, 0.15) is 45.6 Å². The maximum absolute atomic E-state index is 14.0. The first-order chi connectivity index (χ1) is 17.7. The van der Waals surface area contributed by atoms with E-state index >= 15 is 0 Å². The van der Waals surface area contributed by atoms with E-state index in [1.165, 1.54) is 22.3 Å². The molecular weight excluding hydrogens is 444 g/mol. The Hall–Kier alpha value is -4.37. The van der Waals surface area contributed by atoms with Crippen molar-refractivity contribution in [3.8, 4) is 11.5 Å². The molecule has 0 heterocycles. The van der Waals surface area contributed by atoms with Crippen molar-refractivity contribution in [2.75, 3.05) is 0 Å². The first-order valence-corrected chi connectivity index (χ1v) is 12.4. The number of ether oxygens (including phenoxy) is 1. The molecule has 0 fully saturated rings. The van der Waals surface area contributed by atoms with E-state index in [0.29, 0.717) is 5.75 Å². The minimum Gasteiger partial charge on any atom is -0.508 e. The van der Waals surface area contributed by atoms with Gasteiger partial charge in [0.2, 0.25) is 0 Å². The van der Waals surface area contributed by atoms with Crippen molar-refractivity contribution in [2.45, 2.75) is 17.8 Å². The average molecular weight is 469 g/mol. The smallest absolute Gasteiger partial charge is 0.315 e. The van der Waals surface area contributed by atoms with Gasteiger partial charge in [-0.15, -0.1) is 0 Å². The SMILES string of the molecule is O=C(Oc1ccccc1)C1C2c3ccccc3C(c3ccccc32)C1c1cc2ccccc2cc1O. The molecule has 5 aromatic carbocycles. The van der Waals surface area contributed by atoms with Gasteiger partial charge in [0.25, 0.3) is 0 Å². The molecule has 2 bridgehead atoms. The molecule has 3 aliphatic carbocycles. The first-order valence-electron chi connectivity index (χ1n) is 12.4. The third-order valence-corrected chi connectivity index (χ3v) is 7.93. The molecule has 0 amide bonds. The highest BCUT2D eigenvalue weighted by Gasteiger charge is 2.54. The van der Waals surface area contributed by atoms with Gasteiger partial charge in [-0.1, -0.05) is 91.0 Å². The van der Waals surface area contributed by atoms with Gasteiger partial charge < -0.3 is 9.84 Å². The molecule has 0 saturated heterocycles. The van der Waals surface area contributed by atoms with Crippen LogP contribution in [0.3, 0.4) is 0 Å². The molecule has 0 aliphatic heterocycles. The highest BCUT2D eigenvalue weighted by molar-refractivity contribution is 5.87. The molecule has 2 atom stereocenters. The number of fused-ring (bicyclic) bond motifs is 2. The van der Waals surface area contributed by atoms with Crippen molar-refractivity contribution in [2.24, 2.45) is 5.92 Å². The van der Waals surface area contributed by atoms with E-state index < -0.39 is 5.92 Å². The van der Waals surface area contributed by atoms with Crippen LogP contribution in [0.25, 0.3) is 10.8 Å². The molecule has 8 rings (SSSR count). The molecule has 0 saturated carbocycles. The molecule has 5 aromatic rings. The molecule has 0 spiro atoms. The van der Waals surface area contributed by atoms with E-state index in [4.69, 9.17) is 4.74 Å². The van der Waals surface area contributed by atoms with E-state index in [-0.39, 0.29) is 29.5 Å².